The van der Waals surface area contributed by atoms with Gasteiger partial charge in [0.2, 0.25) is 0 Å². The molecule has 0 spiro atoms. The van der Waals surface area contributed by atoms with Crippen molar-refractivity contribution >= 4 is 17.3 Å². The largest absolute Gasteiger partial charge is 0.573 e. The van der Waals surface area contributed by atoms with E-state index in [1.807, 2.05) is 0 Å². The van der Waals surface area contributed by atoms with E-state index in [4.69, 9.17) is 17.4 Å². The SMILES string of the molecule is NNc1ccc(Cl)c(OC(F)(F)F)c1. The minimum atomic E-state index is -4.77. The highest BCUT2D eigenvalue weighted by atomic mass is 35.5. The first-order valence-corrected chi connectivity index (χ1v) is 3.82. The number of nitrogen functional groups attached to an aromatic ring is 1. The highest BCUT2D eigenvalue weighted by molar-refractivity contribution is 6.32. The van der Waals surface area contributed by atoms with Crippen molar-refractivity contribution in [3.8, 4) is 5.75 Å². The van der Waals surface area contributed by atoms with E-state index in [1.165, 1.54) is 12.1 Å². The zero-order chi connectivity index (χ0) is 10.8. The van der Waals surface area contributed by atoms with Gasteiger partial charge in [0.05, 0.1) is 10.7 Å². The van der Waals surface area contributed by atoms with Crippen LogP contribution >= 0.6 is 11.6 Å². The molecule has 0 saturated heterocycles. The molecule has 14 heavy (non-hydrogen) atoms. The Labute approximate surface area is 82.6 Å². The molecule has 0 bridgehead atoms. The Morgan fingerprint density at radius 3 is 2.50 bits per heavy atom. The van der Waals surface area contributed by atoms with Gasteiger partial charge >= 0.3 is 6.36 Å². The smallest absolute Gasteiger partial charge is 0.404 e. The summed E-state index contributed by atoms with van der Waals surface area (Å²) >= 11 is 5.47. The molecule has 0 aromatic heterocycles. The van der Waals surface area contributed by atoms with Gasteiger partial charge in [0.1, 0.15) is 5.75 Å². The van der Waals surface area contributed by atoms with Crippen LogP contribution in [-0.4, -0.2) is 6.36 Å². The highest BCUT2D eigenvalue weighted by Crippen LogP contribution is 2.31. The van der Waals surface area contributed by atoms with Crippen molar-refractivity contribution in [3.63, 3.8) is 0 Å². The van der Waals surface area contributed by atoms with Gasteiger partial charge in [-0.25, -0.2) is 0 Å². The number of benzene rings is 1. The average molecular weight is 227 g/mol. The summed E-state index contributed by atoms with van der Waals surface area (Å²) in [6.45, 7) is 0. The molecule has 0 radical (unpaired) electrons. The molecular formula is C7H6ClF3N2O. The number of anilines is 1. The Morgan fingerprint density at radius 2 is 2.00 bits per heavy atom. The van der Waals surface area contributed by atoms with Crippen LogP contribution in [0.3, 0.4) is 0 Å². The van der Waals surface area contributed by atoms with E-state index in [2.05, 4.69) is 10.2 Å². The second-order valence-electron chi connectivity index (χ2n) is 2.34. The van der Waals surface area contributed by atoms with Crippen LogP contribution in [0.15, 0.2) is 18.2 Å². The molecule has 0 aliphatic rings. The number of hydrogen-bond donors (Lipinski definition) is 2. The van der Waals surface area contributed by atoms with E-state index in [-0.39, 0.29) is 10.7 Å². The lowest BCUT2D eigenvalue weighted by Crippen LogP contribution is -2.17. The molecule has 0 atom stereocenters. The van der Waals surface area contributed by atoms with E-state index in [1.54, 1.807) is 0 Å². The maximum Gasteiger partial charge on any atom is 0.573 e. The normalized spacial score (nSPS) is 11.2. The van der Waals surface area contributed by atoms with Gasteiger partial charge in [-0.1, -0.05) is 11.6 Å². The van der Waals surface area contributed by atoms with Crippen LogP contribution in [0, 0.1) is 0 Å². The van der Waals surface area contributed by atoms with Crippen molar-refractivity contribution in [2.24, 2.45) is 5.84 Å². The van der Waals surface area contributed by atoms with Gasteiger partial charge in [0, 0.05) is 6.07 Å². The van der Waals surface area contributed by atoms with E-state index in [0.29, 0.717) is 0 Å². The summed E-state index contributed by atoms with van der Waals surface area (Å²) in [6.07, 6.45) is -4.77. The number of ether oxygens (including phenoxy) is 1. The molecule has 78 valence electrons. The lowest BCUT2D eigenvalue weighted by atomic mass is 10.3. The van der Waals surface area contributed by atoms with Gasteiger partial charge in [-0.3, -0.25) is 5.84 Å². The van der Waals surface area contributed by atoms with Gasteiger partial charge < -0.3 is 10.2 Å². The summed E-state index contributed by atoms with van der Waals surface area (Å²) in [5.41, 5.74) is 2.45. The Kier molecular flexibility index (Phi) is 3.07. The highest BCUT2D eigenvalue weighted by Gasteiger charge is 2.32. The fourth-order valence-electron chi connectivity index (χ4n) is 0.796. The number of nitrogens with one attached hydrogen (secondary N) is 1. The third-order valence-electron chi connectivity index (χ3n) is 1.32. The fourth-order valence-corrected chi connectivity index (χ4v) is 0.952. The van der Waals surface area contributed by atoms with Crippen LogP contribution in [0.25, 0.3) is 0 Å². The maximum absolute atomic E-state index is 11.8. The minimum absolute atomic E-state index is 0.138. The maximum atomic E-state index is 11.8. The van der Waals surface area contributed by atoms with Crippen LogP contribution < -0.4 is 16.0 Å². The van der Waals surface area contributed by atoms with Crippen LogP contribution in [-0.2, 0) is 0 Å². The summed E-state index contributed by atoms with van der Waals surface area (Å²) in [6, 6.07) is 3.72. The van der Waals surface area contributed by atoms with E-state index >= 15 is 0 Å². The van der Waals surface area contributed by atoms with Crippen molar-refractivity contribution in [2.45, 2.75) is 6.36 Å². The number of nitrogens with two attached hydrogens (primary N) is 1. The van der Waals surface area contributed by atoms with Crippen LogP contribution in [0.2, 0.25) is 5.02 Å². The van der Waals surface area contributed by atoms with Gasteiger partial charge in [-0.05, 0) is 12.1 Å². The monoisotopic (exact) mass is 226 g/mol. The van der Waals surface area contributed by atoms with Crippen molar-refractivity contribution in [2.75, 3.05) is 5.43 Å². The Balaban J connectivity index is 2.95. The van der Waals surface area contributed by atoms with Crippen LogP contribution in [0.4, 0.5) is 18.9 Å². The number of rotatable bonds is 2. The quantitative estimate of drug-likeness (QED) is 0.602. The molecular weight excluding hydrogens is 221 g/mol. The number of alkyl halides is 3. The second kappa shape index (κ2) is 3.93. The first-order chi connectivity index (χ1) is 6.42. The molecule has 0 fully saturated rings. The van der Waals surface area contributed by atoms with E-state index in [0.717, 1.165) is 6.07 Å². The van der Waals surface area contributed by atoms with Crippen molar-refractivity contribution in [1.82, 2.24) is 0 Å². The zero-order valence-corrected chi connectivity index (χ0v) is 7.49. The molecule has 0 aliphatic carbocycles. The minimum Gasteiger partial charge on any atom is -0.404 e. The van der Waals surface area contributed by atoms with E-state index < -0.39 is 12.1 Å². The first-order valence-electron chi connectivity index (χ1n) is 3.44. The molecule has 1 aromatic carbocycles. The lowest BCUT2D eigenvalue weighted by molar-refractivity contribution is -0.274. The summed E-state index contributed by atoms with van der Waals surface area (Å²) in [5, 5.41) is -0.138. The molecule has 0 unspecified atom stereocenters. The lowest BCUT2D eigenvalue weighted by Gasteiger charge is -2.11. The first kappa shape index (κ1) is 10.9. The van der Waals surface area contributed by atoms with Crippen LogP contribution in [0.1, 0.15) is 0 Å². The summed E-state index contributed by atoms with van der Waals surface area (Å²) in [7, 11) is 0. The van der Waals surface area contributed by atoms with Crippen molar-refractivity contribution < 1.29 is 17.9 Å². The number of halogens is 4. The third kappa shape index (κ3) is 2.97. The number of hydrazine groups is 1. The third-order valence-corrected chi connectivity index (χ3v) is 1.64. The molecule has 3 nitrogen and oxygen atoms in total. The Bertz CT molecular complexity index is 329. The van der Waals surface area contributed by atoms with Crippen molar-refractivity contribution in [1.29, 1.82) is 0 Å². The van der Waals surface area contributed by atoms with Gasteiger partial charge in [-0.2, -0.15) is 0 Å². The molecule has 1 aromatic rings. The van der Waals surface area contributed by atoms with Crippen LogP contribution in [0.5, 0.6) is 5.75 Å². The predicted octanol–water partition coefficient (Wildman–Crippen LogP) is 2.52. The molecule has 0 saturated carbocycles. The molecule has 0 aliphatic heterocycles. The molecule has 0 heterocycles. The van der Waals surface area contributed by atoms with Gasteiger partial charge in [0.15, 0.2) is 0 Å². The summed E-state index contributed by atoms with van der Waals surface area (Å²) in [5.74, 6) is 4.51. The standard InChI is InChI=1S/C7H6ClF3N2O/c8-5-2-1-4(13-12)3-6(5)14-7(9,10)11/h1-3,13H,12H2. The van der Waals surface area contributed by atoms with E-state index in [9.17, 15) is 13.2 Å². The second-order valence-corrected chi connectivity index (χ2v) is 2.74. The summed E-state index contributed by atoms with van der Waals surface area (Å²) in [4.78, 5) is 0. The fraction of sp³-hybridized carbons (Fsp3) is 0.143. The molecule has 1 rings (SSSR count). The summed E-state index contributed by atoms with van der Waals surface area (Å²) < 4.78 is 39.1. The number of hydrogen-bond acceptors (Lipinski definition) is 3. The Morgan fingerprint density at radius 1 is 1.36 bits per heavy atom. The molecule has 0 amide bonds. The molecule has 3 N–H and O–H groups in total. The topological polar surface area (TPSA) is 47.3 Å². The molecule has 7 heteroatoms. The van der Waals surface area contributed by atoms with Gasteiger partial charge in [0.25, 0.3) is 0 Å². The predicted molar refractivity (Wildman–Crippen MR) is 45.9 cm³/mol. The Hall–Kier alpha value is -1.14. The average Bonchev–Trinajstić information content (AvgIpc) is 2.06. The zero-order valence-electron chi connectivity index (χ0n) is 6.73. The van der Waals surface area contributed by atoms with Gasteiger partial charge in [-0.15, -0.1) is 13.2 Å². The van der Waals surface area contributed by atoms with Crippen molar-refractivity contribution in [3.05, 3.63) is 23.2 Å².